The maximum atomic E-state index is 12.0. The molecule has 2 rings (SSSR count). The summed E-state index contributed by atoms with van der Waals surface area (Å²) < 4.78 is 0. The zero-order chi connectivity index (χ0) is 13.7. The molecule has 0 aromatic heterocycles. The van der Waals surface area contributed by atoms with E-state index in [1.54, 1.807) is 7.05 Å². The van der Waals surface area contributed by atoms with Crippen LogP contribution in [0.1, 0.15) is 37.4 Å². The Hall–Kier alpha value is -1.39. The minimum absolute atomic E-state index is 0.109. The molecule has 0 aliphatic heterocycles. The third-order valence-corrected chi connectivity index (χ3v) is 3.66. The normalized spacial score (nSPS) is 17.4. The Kier molecular flexibility index (Phi) is 4.93. The van der Waals surface area contributed by atoms with Crippen LogP contribution in [0.3, 0.4) is 0 Å². The van der Waals surface area contributed by atoms with Crippen LogP contribution in [-0.4, -0.2) is 24.6 Å². The van der Waals surface area contributed by atoms with Gasteiger partial charge in [0.15, 0.2) is 0 Å². The molecule has 1 aliphatic rings. The van der Waals surface area contributed by atoms with Crippen LogP contribution in [0.25, 0.3) is 0 Å². The predicted molar refractivity (Wildman–Crippen MR) is 75.9 cm³/mol. The molecule has 0 bridgehead atoms. The largest absolute Gasteiger partial charge is 0.387 e. The van der Waals surface area contributed by atoms with Crippen molar-refractivity contribution in [1.29, 1.82) is 0 Å². The predicted octanol–water partition coefficient (Wildman–Crippen LogP) is 2.07. The first-order valence-electron chi connectivity index (χ1n) is 6.94. The van der Waals surface area contributed by atoms with Crippen molar-refractivity contribution in [2.45, 2.75) is 31.8 Å². The summed E-state index contributed by atoms with van der Waals surface area (Å²) in [6, 6.07) is 7.43. The maximum Gasteiger partial charge on any atom is 0.227 e. The monoisotopic (exact) mass is 262 g/mol. The summed E-state index contributed by atoms with van der Waals surface area (Å²) in [4.78, 5) is 12.0. The number of rotatable bonds is 5. The van der Waals surface area contributed by atoms with Crippen LogP contribution >= 0.6 is 0 Å². The highest BCUT2D eigenvalue weighted by atomic mass is 16.3. The SMILES string of the molecule is CNCC(O)c1cccc(NC(=O)C2CCCC2)c1. The van der Waals surface area contributed by atoms with Crippen molar-refractivity contribution in [3.8, 4) is 0 Å². The van der Waals surface area contributed by atoms with Gasteiger partial charge in [-0.3, -0.25) is 4.79 Å². The summed E-state index contributed by atoms with van der Waals surface area (Å²) in [7, 11) is 1.80. The smallest absolute Gasteiger partial charge is 0.227 e. The van der Waals surface area contributed by atoms with Crippen molar-refractivity contribution in [1.82, 2.24) is 5.32 Å². The number of hydrogen-bond donors (Lipinski definition) is 3. The average molecular weight is 262 g/mol. The molecule has 0 spiro atoms. The van der Waals surface area contributed by atoms with E-state index in [9.17, 15) is 9.90 Å². The van der Waals surface area contributed by atoms with Gasteiger partial charge < -0.3 is 15.7 Å². The molecule has 19 heavy (non-hydrogen) atoms. The number of carbonyl (C=O) groups is 1. The molecule has 1 atom stereocenters. The Morgan fingerprint density at radius 1 is 1.42 bits per heavy atom. The highest BCUT2D eigenvalue weighted by Crippen LogP contribution is 2.26. The first-order valence-corrected chi connectivity index (χ1v) is 6.94. The van der Waals surface area contributed by atoms with Crippen molar-refractivity contribution in [3.05, 3.63) is 29.8 Å². The Morgan fingerprint density at radius 2 is 2.16 bits per heavy atom. The standard InChI is InChI=1S/C15H22N2O2/c1-16-10-14(18)12-7-4-8-13(9-12)17-15(19)11-5-2-3-6-11/h4,7-9,11,14,16,18H,2-3,5-6,10H2,1H3,(H,17,19). The van der Waals surface area contributed by atoms with Gasteiger partial charge in [-0.05, 0) is 37.6 Å². The van der Waals surface area contributed by atoms with Gasteiger partial charge in [-0.15, -0.1) is 0 Å². The number of carbonyl (C=O) groups excluding carboxylic acids is 1. The van der Waals surface area contributed by atoms with E-state index in [0.717, 1.165) is 36.9 Å². The zero-order valence-corrected chi connectivity index (χ0v) is 11.4. The third kappa shape index (κ3) is 3.78. The minimum atomic E-state index is -0.548. The second-order valence-corrected chi connectivity index (χ2v) is 5.17. The molecular weight excluding hydrogens is 240 g/mol. The van der Waals surface area contributed by atoms with E-state index in [4.69, 9.17) is 0 Å². The topological polar surface area (TPSA) is 61.4 Å². The van der Waals surface area contributed by atoms with E-state index in [1.807, 2.05) is 24.3 Å². The number of benzene rings is 1. The zero-order valence-electron chi connectivity index (χ0n) is 11.4. The van der Waals surface area contributed by atoms with Crippen molar-refractivity contribution in [2.75, 3.05) is 18.9 Å². The van der Waals surface area contributed by atoms with Crippen LogP contribution in [0, 0.1) is 5.92 Å². The van der Waals surface area contributed by atoms with Crippen LogP contribution in [0.2, 0.25) is 0 Å². The van der Waals surface area contributed by atoms with Gasteiger partial charge in [-0.2, -0.15) is 0 Å². The van der Waals surface area contributed by atoms with Gasteiger partial charge in [0.2, 0.25) is 5.91 Å². The van der Waals surface area contributed by atoms with Gasteiger partial charge in [0.05, 0.1) is 6.10 Å². The van der Waals surface area contributed by atoms with Gasteiger partial charge in [0.25, 0.3) is 0 Å². The van der Waals surface area contributed by atoms with E-state index in [-0.39, 0.29) is 11.8 Å². The molecule has 1 unspecified atom stereocenters. The Labute approximate surface area is 114 Å². The second-order valence-electron chi connectivity index (χ2n) is 5.17. The van der Waals surface area contributed by atoms with Crippen LogP contribution in [0.15, 0.2) is 24.3 Å². The van der Waals surface area contributed by atoms with Crippen molar-refractivity contribution in [2.24, 2.45) is 5.92 Å². The van der Waals surface area contributed by atoms with Crippen molar-refractivity contribution in [3.63, 3.8) is 0 Å². The number of amides is 1. The quantitative estimate of drug-likeness (QED) is 0.761. The van der Waals surface area contributed by atoms with E-state index in [0.29, 0.717) is 6.54 Å². The van der Waals surface area contributed by atoms with Crippen LogP contribution in [0.5, 0.6) is 0 Å². The molecule has 4 nitrogen and oxygen atoms in total. The molecule has 104 valence electrons. The lowest BCUT2D eigenvalue weighted by Gasteiger charge is -2.14. The summed E-state index contributed by atoms with van der Waals surface area (Å²) in [5, 5.41) is 15.8. The fourth-order valence-electron chi connectivity index (χ4n) is 2.57. The van der Waals surface area contributed by atoms with Gasteiger partial charge >= 0.3 is 0 Å². The molecule has 1 aromatic rings. The van der Waals surface area contributed by atoms with Gasteiger partial charge in [-0.25, -0.2) is 0 Å². The Balaban J connectivity index is 2.00. The Morgan fingerprint density at radius 3 is 2.84 bits per heavy atom. The summed E-state index contributed by atoms with van der Waals surface area (Å²) in [6.07, 6.45) is 3.74. The van der Waals surface area contributed by atoms with Crippen molar-refractivity contribution >= 4 is 11.6 Å². The van der Waals surface area contributed by atoms with Gasteiger partial charge in [0, 0.05) is 18.2 Å². The molecule has 1 aliphatic carbocycles. The number of hydrogen-bond acceptors (Lipinski definition) is 3. The lowest BCUT2D eigenvalue weighted by molar-refractivity contribution is -0.119. The number of aliphatic hydroxyl groups is 1. The van der Waals surface area contributed by atoms with Crippen LogP contribution < -0.4 is 10.6 Å². The molecule has 0 heterocycles. The van der Waals surface area contributed by atoms with Crippen LogP contribution in [-0.2, 0) is 4.79 Å². The highest BCUT2D eigenvalue weighted by molar-refractivity contribution is 5.92. The number of likely N-dealkylation sites (N-methyl/N-ethyl adjacent to an activating group) is 1. The number of anilines is 1. The molecule has 1 amide bonds. The average Bonchev–Trinajstić information content (AvgIpc) is 2.93. The molecule has 1 aromatic carbocycles. The summed E-state index contributed by atoms with van der Waals surface area (Å²) in [5.41, 5.74) is 1.59. The molecule has 0 saturated heterocycles. The maximum absolute atomic E-state index is 12.0. The molecular formula is C15H22N2O2. The first-order chi connectivity index (χ1) is 9.20. The molecule has 1 fully saturated rings. The first kappa shape index (κ1) is 14.0. The second kappa shape index (κ2) is 6.68. The van der Waals surface area contributed by atoms with E-state index in [1.165, 1.54) is 0 Å². The van der Waals surface area contributed by atoms with Gasteiger partial charge in [-0.1, -0.05) is 25.0 Å². The van der Waals surface area contributed by atoms with Crippen LogP contribution in [0.4, 0.5) is 5.69 Å². The minimum Gasteiger partial charge on any atom is -0.387 e. The van der Waals surface area contributed by atoms with Crippen molar-refractivity contribution < 1.29 is 9.90 Å². The molecule has 1 saturated carbocycles. The lowest BCUT2D eigenvalue weighted by atomic mass is 10.1. The summed E-state index contributed by atoms with van der Waals surface area (Å²) in [5.74, 6) is 0.267. The Bertz CT molecular complexity index is 428. The number of nitrogens with one attached hydrogen (secondary N) is 2. The number of aliphatic hydroxyl groups excluding tert-OH is 1. The molecule has 0 radical (unpaired) electrons. The summed E-state index contributed by atoms with van der Waals surface area (Å²) in [6.45, 7) is 0.500. The molecule has 4 heteroatoms. The highest BCUT2D eigenvalue weighted by Gasteiger charge is 2.22. The van der Waals surface area contributed by atoms with Gasteiger partial charge in [0.1, 0.15) is 0 Å². The van der Waals surface area contributed by atoms with E-state index < -0.39 is 6.10 Å². The molecule has 3 N–H and O–H groups in total. The third-order valence-electron chi connectivity index (χ3n) is 3.66. The fourth-order valence-corrected chi connectivity index (χ4v) is 2.57. The summed E-state index contributed by atoms with van der Waals surface area (Å²) >= 11 is 0. The van der Waals surface area contributed by atoms with E-state index in [2.05, 4.69) is 10.6 Å². The lowest BCUT2D eigenvalue weighted by Crippen LogP contribution is -2.21. The fraction of sp³-hybridized carbons (Fsp3) is 0.533. The van der Waals surface area contributed by atoms with E-state index >= 15 is 0 Å².